The second-order valence-corrected chi connectivity index (χ2v) is 8.69. The van der Waals surface area contributed by atoms with Gasteiger partial charge in [-0.1, -0.05) is 24.3 Å². The van der Waals surface area contributed by atoms with Gasteiger partial charge in [0, 0.05) is 37.6 Å². The molecule has 0 bridgehead atoms. The molecule has 160 valence electrons. The Balaban J connectivity index is 1.36. The van der Waals surface area contributed by atoms with Crippen molar-refractivity contribution in [3.8, 4) is 0 Å². The number of benzene rings is 2. The van der Waals surface area contributed by atoms with Crippen LogP contribution in [0.2, 0.25) is 0 Å². The first-order valence-corrected chi connectivity index (χ1v) is 11.1. The number of nitrogens with one attached hydrogen (secondary N) is 2. The van der Waals surface area contributed by atoms with Crippen LogP contribution in [0.3, 0.4) is 0 Å². The molecule has 1 aliphatic rings. The smallest absolute Gasteiger partial charge is 0.263 e. The van der Waals surface area contributed by atoms with Gasteiger partial charge in [-0.3, -0.25) is 4.72 Å². The number of halogens is 2. The molecule has 0 unspecified atom stereocenters. The van der Waals surface area contributed by atoms with E-state index in [4.69, 9.17) is 0 Å². The summed E-state index contributed by atoms with van der Waals surface area (Å²) in [5, 5.41) is 3.15. The Morgan fingerprint density at radius 1 is 0.935 bits per heavy atom. The number of aromatic nitrogens is 1. The highest BCUT2D eigenvalue weighted by Crippen LogP contribution is 2.20. The van der Waals surface area contributed by atoms with E-state index in [9.17, 15) is 17.2 Å². The van der Waals surface area contributed by atoms with Crippen LogP contribution in [0.4, 0.5) is 26.0 Å². The fourth-order valence-corrected chi connectivity index (χ4v) is 4.12. The number of sulfonamides is 1. The minimum atomic E-state index is -3.98. The van der Waals surface area contributed by atoms with Gasteiger partial charge in [-0.15, -0.1) is 0 Å². The SMILES string of the molecule is O=S(=O)(Nc1ccc(F)c(F)c1)c1ccc(NCc2ccc(N3CC=CC3)cc2)nc1. The molecular formula is C22H20F2N4O2S. The average molecular weight is 442 g/mol. The van der Waals surface area contributed by atoms with Crippen LogP contribution >= 0.6 is 0 Å². The number of pyridine rings is 1. The van der Waals surface area contributed by atoms with E-state index in [1.807, 2.05) is 12.1 Å². The van der Waals surface area contributed by atoms with Crippen LogP contribution in [0.15, 0.2) is 77.8 Å². The normalized spacial score (nSPS) is 13.4. The summed E-state index contributed by atoms with van der Waals surface area (Å²) >= 11 is 0. The van der Waals surface area contributed by atoms with Gasteiger partial charge in [-0.2, -0.15) is 0 Å². The highest BCUT2D eigenvalue weighted by atomic mass is 32.2. The molecule has 2 heterocycles. The molecule has 31 heavy (non-hydrogen) atoms. The van der Waals surface area contributed by atoms with Gasteiger partial charge < -0.3 is 10.2 Å². The van der Waals surface area contributed by atoms with Crippen LogP contribution in [0.1, 0.15) is 5.56 Å². The third kappa shape index (κ3) is 5.00. The van der Waals surface area contributed by atoms with E-state index in [1.54, 1.807) is 6.07 Å². The summed E-state index contributed by atoms with van der Waals surface area (Å²) in [7, 11) is -3.98. The Morgan fingerprint density at radius 2 is 1.68 bits per heavy atom. The summed E-state index contributed by atoms with van der Waals surface area (Å²) < 4.78 is 53.4. The Morgan fingerprint density at radius 3 is 2.32 bits per heavy atom. The highest BCUT2D eigenvalue weighted by Gasteiger charge is 2.16. The van der Waals surface area contributed by atoms with Gasteiger partial charge in [0.1, 0.15) is 10.7 Å². The summed E-state index contributed by atoms with van der Waals surface area (Å²) in [6.45, 7) is 2.37. The molecule has 2 aromatic carbocycles. The average Bonchev–Trinajstić information content (AvgIpc) is 3.30. The Hall–Kier alpha value is -3.46. The van der Waals surface area contributed by atoms with Crippen LogP contribution < -0.4 is 14.9 Å². The fraction of sp³-hybridized carbons (Fsp3) is 0.136. The van der Waals surface area contributed by atoms with Crippen LogP contribution in [0, 0.1) is 11.6 Å². The molecule has 2 N–H and O–H groups in total. The maximum Gasteiger partial charge on any atom is 0.263 e. The lowest BCUT2D eigenvalue weighted by molar-refractivity contribution is 0.509. The summed E-state index contributed by atoms with van der Waals surface area (Å²) in [5.74, 6) is -1.68. The van der Waals surface area contributed by atoms with Gasteiger partial charge in [0.2, 0.25) is 0 Å². The van der Waals surface area contributed by atoms with E-state index in [0.29, 0.717) is 12.4 Å². The minimum absolute atomic E-state index is 0.0748. The van der Waals surface area contributed by atoms with E-state index in [1.165, 1.54) is 12.3 Å². The quantitative estimate of drug-likeness (QED) is 0.538. The minimum Gasteiger partial charge on any atom is -0.366 e. The molecule has 0 fully saturated rings. The predicted octanol–water partition coefficient (Wildman–Crippen LogP) is 4.15. The molecule has 1 aromatic heterocycles. The first-order valence-electron chi connectivity index (χ1n) is 9.57. The fourth-order valence-electron chi connectivity index (χ4n) is 3.12. The number of nitrogens with zero attached hydrogens (tertiary/aromatic N) is 2. The Labute approximate surface area is 179 Å². The molecule has 0 amide bonds. The third-order valence-electron chi connectivity index (χ3n) is 4.81. The van der Waals surface area contributed by atoms with Gasteiger partial charge in [0.15, 0.2) is 11.6 Å². The lowest BCUT2D eigenvalue weighted by atomic mass is 10.2. The lowest BCUT2D eigenvalue weighted by Crippen LogP contribution is -2.18. The summed E-state index contributed by atoms with van der Waals surface area (Å²) in [5.41, 5.74) is 2.15. The first kappa shape index (κ1) is 20.8. The molecule has 4 rings (SSSR count). The summed E-state index contributed by atoms with van der Waals surface area (Å²) in [6.07, 6.45) is 5.48. The number of hydrogen-bond acceptors (Lipinski definition) is 5. The topological polar surface area (TPSA) is 74.3 Å². The number of anilines is 3. The molecule has 0 saturated carbocycles. The van der Waals surface area contributed by atoms with Crippen molar-refractivity contribution < 1.29 is 17.2 Å². The monoisotopic (exact) mass is 442 g/mol. The maximum absolute atomic E-state index is 13.3. The number of hydrogen-bond donors (Lipinski definition) is 2. The van der Waals surface area contributed by atoms with Crippen molar-refractivity contribution in [2.24, 2.45) is 0 Å². The Bertz CT molecular complexity index is 1190. The van der Waals surface area contributed by atoms with Crippen molar-refractivity contribution >= 4 is 27.2 Å². The molecule has 0 saturated heterocycles. The predicted molar refractivity (Wildman–Crippen MR) is 117 cm³/mol. The zero-order valence-electron chi connectivity index (χ0n) is 16.4. The lowest BCUT2D eigenvalue weighted by Gasteiger charge is -2.18. The number of rotatable bonds is 7. The molecule has 0 atom stereocenters. The van der Waals surface area contributed by atoms with Crippen molar-refractivity contribution in [1.82, 2.24) is 4.98 Å². The van der Waals surface area contributed by atoms with Crippen LogP contribution in [0.5, 0.6) is 0 Å². The Kier molecular flexibility index (Phi) is 5.85. The second kappa shape index (κ2) is 8.73. The zero-order valence-corrected chi connectivity index (χ0v) is 17.2. The summed E-state index contributed by atoms with van der Waals surface area (Å²) in [4.78, 5) is 6.30. The molecule has 0 aliphatic carbocycles. The molecule has 9 heteroatoms. The van der Waals surface area contributed by atoms with Crippen LogP contribution in [0.25, 0.3) is 0 Å². The van der Waals surface area contributed by atoms with E-state index >= 15 is 0 Å². The molecule has 6 nitrogen and oxygen atoms in total. The van der Waals surface area contributed by atoms with Crippen molar-refractivity contribution in [2.45, 2.75) is 11.4 Å². The molecule has 1 aliphatic heterocycles. The first-order chi connectivity index (χ1) is 14.9. The van der Waals surface area contributed by atoms with Gasteiger partial charge in [0.05, 0.1) is 5.69 Å². The molecular weight excluding hydrogens is 422 g/mol. The second-order valence-electron chi connectivity index (χ2n) is 7.01. The largest absolute Gasteiger partial charge is 0.366 e. The van der Waals surface area contributed by atoms with Gasteiger partial charge in [-0.25, -0.2) is 22.2 Å². The highest BCUT2D eigenvalue weighted by molar-refractivity contribution is 7.92. The van der Waals surface area contributed by atoms with Crippen LogP contribution in [-0.2, 0) is 16.6 Å². The molecule has 0 spiro atoms. The molecule has 0 radical (unpaired) electrons. The van der Waals surface area contributed by atoms with Gasteiger partial charge >= 0.3 is 0 Å². The van der Waals surface area contributed by atoms with E-state index in [2.05, 4.69) is 44.2 Å². The van der Waals surface area contributed by atoms with Crippen molar-refractivity contribution in [1.29, 1.82) is 0 Å². The third-order valence-corrected chi connectivity index (χ3v) is 6.18. The van der Waals surface area contributed by atoms with Crippen molar-refractivity contribution in [3.63, 3.8) is 0 Å². The van der Waals surface area contributed by atoms with Gasteiger partial charge in [-0.05, 0) is 42.0 Å². The van der Waals surface area contributed by atoms with Crippen LogP contribution in [-0.4, -0.2) is 26.5 Å². The standard InChI is InChI=1S/C22H20F2N4O2S/c23-20-9-5-17(13-21(20)24)27-31(29,30)19-8-10-22(26-15-19)25-14-16-3-6-18(7-4-16)28-11-1-2-12-28/h1-10,13,15,27H,11-12,14H2,(H,25,26). The maximum atomic E-state index is 13.3. The molecule has 3 aromatic rings. The van der Waals surface area contributed by atoms with E-state index in [-0.39, 0.29) is 10.6 Å². The van der Waals surface area contributed by atoms with Gasteiger partial charge in [0.25, 0.3) is 10.0 Å². The summed E-state index contributed by atoms with van der Waals surface area (Å²) in [6, 6.07) is 13.9. The zero-order chi connectivity index (χ0) is 21.8. The van der Waals surface area contributed by atoms with Crippen molar-refractivity contribution in [2.75, 3.05) is 28.0 Å². The van der Waals surface area contributed by atoms with Crippen molar-refractivity contribution in [3.05, 3.63) is 90.1 Å². The van der Waals surface area contributed by atoms with E-state index < -0.39 is 21.7 Å². The van der Waals surface area contributed by atoms with E-state index in [0.717, 1.165) is 42.5 Å².